The fourth-order valence-corrected chi connectivity index (χ4v) is 6.24. The number of allylic oxidation sites excluding steroid dienone is 1. The van der Waals surface area contributed by atoms with Gasteiger partial charge in [0.25, 0.3) is 0 Å². The van der Waals surface area contributed by atoms with Gasteiger partial charge in [0.1, 0.15) is 11.5 Å². The van der Waals surface area contributed by atoms with E-state index < -0.39 is 6.10 Å². The van der Waals surface area contributed by atoms with Crippen molar-refractivity contribution >= 4 is 0 Å². The molecule has 1 saturated carbocycles. The summed E-state index contributed by atoms with van der Waals surface area (Å²) in [4.78, 5) is 0. The standard InChI is InChI=1S/C38H54O7/c1-5-6-9-28(2)24-33(44-26-29-12-16-31(40-3)17-13-29)20-21-35-34(10-7-8-11-38-42-22-23-43-38)36(39)25-37(35)45-27-30-14-18-32(41-4)19-15-30/h7-8,12-21,28,33-39H,5-6,9-11,22-27H2,1-4H3/b8-7-,21-20+/t28-,33+,34+,35+,36-,37?/m0/s1. The number of methoxy groups -OCH3 is 2. The fraction of sp³-hybridized carbons (Fsp3) is 0.579. The first-order valence-corrected chi connectivity index (χ1v) is 16.7. The Kier molecular flexibility index (Phi) is 14.9. The Morgan fingerprint density at radius 3 is 2.13 bits per heavy atom. The highest BCUT2D eigenvalue weighted by Crippen LogP contribution is 2.39. The minimum absolute atomic E-state index is 0.0354. The van der Waals surface area contributed by atoms with Crippen LogP contribution in [0.15, 0.2) is 72.8 Å². The number of aliphatic hydroxyl groups is 1. The van der Waals surface area contributed by atoms with Crippen LogP contribution in [0.25, 0.3) is 0 Å². The number of rotatable bonds is 19. The molecule has 2 aliphatic rings. The molecule has 0 spiro atoms. The average molecular weight is 623 g/mol. The van der Waals surface area contributed by atoms with Crippen molar-refractivity contribution in [2.75, 3.05) is 27.4 Å². The average Bonchev–Trinajstić information content (AvgIpc) is 3.70. The molecule has 0 radical (unpaired) electrons. The largest absolute Gasteiger partial charge is 0.497 e. The zero-order chi connectivity index (χ0) is 31.9. The molecule has 2 fully saturated rings. The van der Waals surface area contributed by atoms with Gasteiger partial charge in [0, 0.05) is 18.8 Å². The lowest BCUT2D eigenvalue weighted by Crippen LogP contribution is -2.23. The third-order valence-electron chi connectivity index (χ3n) is 8.97. The predicted octanol–water partition coefficient (Wildman–Crippen LogP) is 7.65. The molecule has 7 nitrogen and oxygen atoms in total. The van der Waals surface area contributed by atoms with Gasteiger partial charge >= 0.3 is 0 Å². The van der Waals surface area contributed by atoms with Crippen LogP contribution in [0.2, 0.25) is 0 Å². The molecular weight excluding hydrogens is 568 g/mol. The highest BCUT2D eigenvalue weighted by molar-refractivity contribution is 5.27. The highest BCUT2D eigenvalue weighted by Gasteiger charge is 2.41. The highest BCUT2D eigenvalue weighted by atomic mass is 16.7. The molecule has 7 heteroatoms. The van der Waals surface area contributed by atoms with E-state index >= 15 is 0 Å². The van der Waals surface area contributed by atoms with Crippen molar-refractivity contribution in [3.05, 3.63) is 84.0 Å². The molecule has 0 amide bonds. The third kappa shape index (κ3) is 11.6. The fourth-order valence-electron chi connectivity index (χ4n) is 6.24. The van der Waals surface area contributed by atoms with Crippen molar-refractivity contribution in [3.63, 3.8) is 0 Å². The smallest absolute Gasteiger partial charge is 0.161 e. The van der Waals surface area contributed by atoms with Crippen LogP contribution < -0.4 is 9.47 Å². The first-order chi connectivity index (χ1) is 22.0. The third-order valence-corrected chi connectivity index (χ3v) is 8.97. The lowest BCUT2D eigenvalue weighted by atomic mass is 9.89. The minimum atomic E-state index is -0.453. The summed E-state index contributed by atoms with van der Waals surface area (Å²) in [5.74, 6) is 2.31. The number of hydrogen-bond acceptors (Lipinski definition) is 7. The second kappa shape index (κ2) is 19.1. The van der Waals surface area contributed by atoms with E-state index in [0.29, 0.717) is 38.8 Å². The van der Waals surface area contributed by atoms with Crippen molar-refractivity contribution in [2.45, 2.75) is 96.6 Å². The van der Waals surface area contributed by atoms with E-state index in [-0.39, 0.29) is 30.3 Å². The number of ether oxygens (including phenoxy) is 6. The van der Waals surface area contributed by atoms with Gasteiger partial charge in [-0.25, -0.2) is 0 Å². The van der Waals surface area contributed by atoms with Gasteiger partial charge < -0.3 is 33.5 Å². The van der Waals surface area contributed by atoms with E-state index in [1.165, 1.54) is 19.3 Å². The Balaban J connectivity index is 1.47. The molecule has 0 bridgehead atoms. The Hall–Kier alpha value is -2.68. The molecule has 1 unspecified atom stereocenters. The van der Waals surface area contributed by atoms with Crippen molar-refractivity contribution in [3.8, 4) is 11.5 Å². The van der Waals surface area contributed by atoms with Crippen molar-refractivity contribution in [1.82, 2.24) is 0 Å². The molecule has 45 heavy (non-hydrogen) atoms. The molecule has 1 N–H and O–H groups in total. The number of aliphatic hydroxyl groups excluding tert-OH is 1. The monoisotopic (exact) mass is 622 g/mol. The lowest BCUT2D eigenvalue weighted by Gasteiger charge is -2.24. The van der Waals surface area contributed by atoms with Gasteiger partial charge in [-0.3, -0.25) is 0 Å². The van der Waals surface area contributed by atoms with Crippen LogP contribution in [0.1, 0.15) is 69.9 Å². The van der Waals surface area contributed by atoms with Gasteiger partial charge in [-0.15, -0.1) is 0 Å². The summed E-state index contributed by atoms with van der Waals surface area (Å²) < 4.78 is 34.8. The molecule has 0 aromatic heterocycles. The van der Waals surface area contributed by atoms with Crippen LogP contribution in [-0.4, -0.2) is 57.1 Å². The summed E-state index contributed by atoms with van der Waals surface area (Å²) in [5, 5.41) is 11.3. The predicted molar refractivity (Wildman–Crippen MR) is 177 cm³/mol. The Morgan fingerprint density at radius 2 is 1.51 bits per heavy atom. The first kappa shape index (κ1) is 35.2. The molecule has 6 atom stereocenters. The van der Waals surface area contributed by atoms with Gasteiger partial charge in [-0.05, 0) is 60.1 Å². The molecule has 248 valence electrons. The Labute approximate surface area is 270 Å². The van der Waals surface area contributed by atoms with Crippen molar-refractivity contribution in [2.24, 2.45) is 17.8 Å². The van der Waals surface area contributed by atoms with Crippen molar-refractivity contribution in [1.29, 1.82) is 0 Å². The zero-order valence-electron chi connectivity index (χ0n) is 27.6. The number of unbranched alkanes of at least 4 members (excludes halogenated alkanes) is 1. The maximum absolute atomic E-state index is 11.3. The maximum Gasteiger partial charge on any atom is 0.161 e. The molecule has 1 aliphatic heterocycles. The summed E-state index contributed by atoms with van der Waals surface area (Å²) in [6.45, 7) is 6.87. The molecule has 1 aliphatic carbocycles. The summed E-state index contributed by atoms with van der Waals surface area (Å²) in [5.41, 5.74) is 2.20. The van der Waals surface area contributed by atoms with E-state index in [1.54, 1.807) is 14.2 Å². The summed E-state index contributed by atoms with van der Waals surface area (Å²) in [6, 6.07) is 16.0. The minimum Gasteiger partial charge on any atom is -0.497 e. The molecule has 1 saturated heterocycles. The van der Waals surface area contributed by atoms with E-state index in [0.717, 1.165) is 41.9 Å². The van der Waals surface area contributed by atoms with Gasteiger partial charge in [-0.1, -0.05) is 81.7 Å². The quantitative estimate of drug-likeness (QED) is 0.161. The summed E-state index contributed by atoms with van der Waals surface area (Å²) >= 11 is 0. The summed E-state index contributed by atoms with van der Waals surface area (Å²) in [7, 11) is 3.35. The Bertz CT molecular complexity index is 1140. The van der Waals surface area contributed by atoms with E-state index in [9.17, 15) is 5.11 Å². The SMILES string of the molecule is CCCC[C@H](C)C[C@@H](/C=C/[C@H]1C(OCc2ccc(OC)cc2)C[C@H](O)[C@@H]1C/C=C\CC1OCCO1)OCc1ccc(OC)cc1. The molecule has 2 aromatic rings. The van der Waals surface area contributed by atoms with Gasteiger partial charge in [0.15, 0.2) is 6.29 Å². The topological polar surface area (TPSA) is 75.6 Å². The van der Waals surface area contributed by atoms with Crippen LogP contribution in [-0.2, 0) is 32.2 Å². The second-order valence-corrected chi connectivity index (χ2v) is 12.4. The zero-order valence-corrected chi connectivity index (χ0v) is 27.6. The van der Waals surface area contributed by atoms with Gasteiger partial charge in [0.2, 0.25) is 0 Å². The van der Waals surface area contributed by atoms with Crippen molar-refractivity contribution < 1.29 is 33.5 Å². The van der Waals surface area contributed by atoms with Crippen LogP contribution in [0, 0.1) is 17.8 Å². The van der Waals surface area contributed by atoms with Crippen LogP contribution >= 0.6 is 0 Å². The van der Waals surface area contributed by atoms with Gasteiger partial charge in [0.05, 0.1) is 59.0 Å². The Morgan fingerprint density at radius 1 is 0.889 bits per heavy atom. The maximum atomic E-state index is 11.3. The second-order valence-electron chi connectivity index (χ2n) is 12.4. The van der Waals surface area contributed by atoms with E-state index in [1.807, 2.05) is 36.4 Å². The van der Waals surface area contributed by atoms with E-state index in [4.69, 9.17) is 28.4 Å². The van der Waals surface area contributed by atoms with E-state index in [2.05, 4.69) is 50.3 Å². The number of hydrogen-bond donors (Lipinski definition) is 1. The van der Waals surface area contributed by atoms with Crippen LogP contribution in [0.3, 0.4) is 0 Å². The molecule has 4 rings (SSSR count). The first-order valence-electron chi connectivity index (χ1n) is 16.7. The summed E-state index contributed by atoms with van der Waals surface area (Å²) in [6.07, 6.45) is 14.7. The molecule has 2 aromatic carbocycles. The normalized spacial score (nSPS) is 23.7. The molecular formula is C38H54O7. The number of benzene rings is 2. The van der Waals surface area contributed by atoms with Crippen LogP contribution in [0.4, 0.5) is 0 Å². The van der Waals surface area contributed by atoms with Gasteiger partial charge in [-0.2, -0.15) is 0 Å². The van der Waals surface area contributed by atoms with Crippen LogP contribution in [0.5, 0.6) is 11.5 Å². The molecule has 1 heterocycles. The lowest BCUT2D eigenvalue weighted by molar-refractivity contribution is -0.0380.